The van der Waals surface area contributed by atoms with Crippen molar-refractivity contribution in [3.8, 4) is 11.3 Å². The largest absolute Gasteiger partial charge is 0.344 e. The summed E-state index contributed by atoms with van der Waals surface area (Å²) in [5.41, 5.74) is 3.36. The fourth-order valence-electron chi connectivity index (χ4n) is 2.92. The van der Waals surface area contributed by atoms with E-state index >= 15 is 0 Å². The predicted octanol–water partition coefficient (Wildman–Crippen LogP) is 2.78. The predicted molar refractivity (Wildman–Crippen MR) is 83.1 cm³/mol. The van der Waals surface area contributed by atoms with Crippen molar-refractivity contribution in [2.75, 3.05) is 14.1 Å². The molecular weight excluding hydrogens is 278 g/mol. The molecule has 1 heterocycles. The molecule has 0 radical (unpaired) electrons. The van der Waals surface area contributed by atoms with Gasteiger partial charge in [0.25, 0.3) is 0 Å². The molecule has 5 heteroatoms. The van der Waals surface area contributed by atoms with E-state index < -0.39 is 0 Å². The molecular formula is C17H13N3O2. The summed E-state index contributed by atoms with van der Waals surface area (Å²) in [6.45, 7) is 0. The number of carbonyl (C=O) groups is 2. The number of aromatic nitrogens is 2. The van der Waals surface area contributed by atoms with E-state index in [1.807, 2.05) is 24.3 Å². The highest BCUT2D eigenvalue weighted by Gasteiger charge is 2.29. The summed E-state index contributed by atoms with van der Waals surface area (Å²) in [4.78, 5) is 26.5. The zero-order valence-electron chi connectivity index (χ0n) is 12.2. The number of fused-ring (bicyclic) bond motifs is 2. The standard InChI is InChI=1S/C17H13N3O2/c1-19(2)17(22)20-13-9-5-8-12-14(13)15(18-20)10-6-3-4-7-11(10)16(12)21/h3-9H,1-2H3. The van der Waals surface area contributed by atoms with Gasteiger partial charge in [0, 0.05) is 36.2 Å². The number of amides is 1. The van der Waals surface area contributed by atoms with E-state index in [2.05, 4.69) is 5.10 Å². The quantitative estimate of drug-likeness (QED) is 0.500. The molecule has 0 unspecified atom stereocenters. The number of carbonyl (C=O) groups excluding carboxylic acids is 2. The van der Waals surface area contributed by atoms with E-state index in [4.69, 9.17) is 0 Å². The molecule has 0 atom stereocenters. The van der Waals surface area contributed by atoms with Gasteiger partial charge in [-0.1, -0.05) is 36.4 Å². The van der Waals surface area contributed by atoms with Crippen LogP contribution in [0.2, 0.25) is 0 Å². The van der Waals surface area contributed by atoms with E-state index in [0.717, 1.165) is 10.9 Å². The Morgan fingerprint density at radius 1 is 1.00 bits per heavy atom. The van der Waals surface area contributed by atoms with Crippen molar-refractivity contribution in [1.82, 2.24) is 14.7 Å². The Labute approximate surface area is 126 Å². The van der Waals surface area contributed by atoms with Gasteiger partial charge in [-0.2, -0.15) is 9.78 Å². The summed E-state index contributed by atoms with van der Waals surface area (Å²) in [6, 6.07) is 12.5. The number of ketones is 1. The van der Waals surface area contributed by atoms with Crippen LogP contribution in [0.3, 0.4) is 0 Å². The van der Waals surface area contributed by atoms with Gasteiger partial charge in [0.05, 0.1) is 5.52 Å². The topological polar surface area (TPSA) is 55.2 Å². The molecule has 1 aliphatic carbocycles. The Bertz CT molecular complexity index is 954. The second-order valence-corrected chi connectivity index (χ2v) is 5.51. The lowest BCUT2D eigenvalue weighted by atomic mass is 9.87. The highest BCUT2D eigenvalue weighted by Crippen LogP contribution is 2.38. The van der Waals surface area contributed by atoms with Gasteiger partial charge in [0.15, 0.2) is 5.78 Å². The average Bonchev–Trinajstić information content (AvgIpc) is 2.92. The molecule has 1 aliphatic rings. The molecule has 4 rings (SSSR count). The maximum Gasteiger partial charge on any atom is 0.344 e. The summed E-state index contributed by atoms with van der Waals surface area (Å²) in [5, 5.41) is 5.24. The van der Waals surface area contributed by atoms with E-state index in [-0.39, 0.29) is 11.8 Å². The maximum absolute atomic E-state index is 12.7. The minimum Gasteiger partial charge on any atom is -0.329 e. The molecule has 1 aromatic heterocycles. The lowest BCUT2D eigenvalue weighted by molar-refractivity contribution is 0.104. The zero-order valence-corrected chi connectivity index (χ0v) is 12.2. The Morgan fingerprint density at radius 3 is 2.41 bits per heavy atom. The SMILES string of the molecule is CN(C)C(=O)n1nc2c3c(cccc31)C(=O)c1ccccc1-2. The van der Waals surface area contributed by atoms with Crippen LogP contribution in [-0.4, -0.2) is 40.6 Å². The summed E-state index contributed by atoms with van der Waals surface area (Å²) in [7, 11) is 3.36. The number of rotatable bonds is 0. The minimum absolute atomic E-state index is 0.0226. The summed E-state index contributed by atoms with van der Waals surface area (Å²) >= 11 is 0. The lowest BCUT2D eigenvalue weighted by Gasteiger charge is -2.13. The second kappa shape index (κ2) is 4.27. The highest BCUT2D eigenvalue weighted by atomic mass is 16.2. The van der Waals surface area contributed by atoms with Gasteiger partial charge in [0.2, 0.25) is 0 Å². The number of hydrogen-bond acceptors (Lipinski definition) is 3. The maximum atomic E-state index is 12.7. The van der Waals surface area contributed by atoms with Gasteiger partial charge in [-0.25, -0.2) is 4.79 Å². The molecule has 0 bridgehead atoms. The third-order valence-corrected chi connectivity index (χ3v) is 3.94. The molecule has 0 N–H and O–H groups in total. The molecule has 0 fully saturated rings. The molecule has 108 valence electrons. The Kier molecular flexibility index (Phi) is 2.48. The van der Waals surface area contributed by atoms with Gasteiger partial charge in [-0.15, -0.1) is 0 Å². The Balaban J connectivity index is 2.14. The van der Waals surface area contributed by atoms with Crippen LogP contribution >= 0.6 is 0 Å². The van der Waals surface area contributed by atoms with E-state index in [1.165, 1.54) is 9.58 Å². The summed E-state index contributed by atoms with van der Waals surface area (Å²) in [5.74, 6) is -0.0226. The second-order valence-electron chi connectivity index (χ2n) is 5.51. The fourth-order valence-corrected chi connectivity index (χ4v) is 2.92. The average molecular weight is 291 g/mol. The Hall–Kier alpha value is -2.95. The zero-order chi connectivity index (χ0) is 15.4. The van der Waals surface area contributed by atoms with Crippen LogP contribution in [0.5, 0.6) is 0 Å². The van der Waals surface area contributed by atoms with Crippen molar-refractivity contribution in [2.45, 2.75) is 0 Å². The van der Waals surface area contributed by atoms with Crippen LogP contribution in [0.25, 0.3) is 22.2 Å². The lowest BCUT2D eigenvalue weighted by Crippen LogP contribution is -2.28. The van der Waals surface area contributed by atoms with Crippen molar-refractivity contribution in [1.29, 1.82) is 0 Å². The van der Waals surface area contributed by atoms with Crippen LogP contribution < -0.4 is 0 Å². The first kappa shape index (κ1) is 12.8. The normalized spacial score (nSPS) is 12.4. The third-order valence-electron chi connectivity index (χ3n) is 3.94. The van der Waals surface area contributed by atoms with E-state index in [9.17, 15) is 9.59 Å². The molecule has 0 saturated carbocycles. The molecule has 22 heavy (non-hydrogen) atoms. The summed E-state index contributed by atoms with van der Waals surface area (Å²) in [6.07, 6.45) is 0. The molecule has 5 nitrogen and oxygen atoms in total. The van der Waals surface area contributed by atoms with Crippen molar-refractivity contribution >= 4 is 22.7 Å². The van der Waals surface area contributed by atoms with Gasteiger partial charge in [-0.05, 0) is 6.07 Å². The number of nitrogens with zero attached hydrogens (tertiary/aromatic N) is 3. The van der Waals surface area contributed by atoms with Crippen LogP contribution in [0.4, 0.5) is 4.79 Å². The molecule has 1 amide bonds. The summed E-state index contributed by atoms with van der Waals surface area (Å²) < 4.78 is 1.36. The van der Waals surface area contributed by atoms with Crippen LogP contribution in [0, 0.1) is 0 Å². The number of benzene rings is 2. The smallest absolute Gasteiger partial charge is 0.329 e. The van der Waals surface area contributed by atoms with Crippen LogP contribution in [-0.2, 0) is 0 Å². The highest BCUT2D eigenvalue weighted by molar-refractivity contribution is 6.25. The molecule has 3 aromatic rings. The first-order valence-corrected chi connectivity index (χ1v) is 6.97. The molecule has 0 aliphatic heterocycles. The first-order valence-electron chi connectivity index (χ1n) is 6.97. The number of hydrogen-bond donors (Lipinski definition) is 0. The van der Waals surface area contributed by atoms with Gasteiger partial charge in [0.1, 0.15) is 5.69 Å². The van der Waals surface area contributed by atoms with E-state index in [1.54, 1.807) is 32.3 Å². The van der Waals surface area contributed by atoms with Crippen molar-refractivity contribution in [3.05, 3.63) is 53.6 Å². The molecule has 2 aromatic carbocycles. The van der Waals surface area contributed by atoms with Gasteiger partial charge >= 0.3 is 6.03 Å². The third kappa shape index (κ3) is 1.50. The van der Waals surface area contributed by atoms with Crippen molar-refractivity contribution < 1.29 is 9.59 Å². The molecule has 0 spiro atoms. The van der Waals surface area contributed by atoms with Gasteiger partial charge in [-0.3, -0.25) is 4.79 Å². The van der Waals surface area contributed by atoms with Crippen molar-refractivity contribution in [2.24, 2.45) is 0 Å². The Morgan fingerprint density at radius 2 is 1.68 bits per heavy atom. The first-order chi connectivity index (χ1) is 10.6. The van der Waals surface area contributed by atoms with Gasteiger partial charge < -0.3 is 4.90 Å². The monoisotopic (exact) mass is 291 g/mol. The van der Waals surface area contributed by atoms with E-state index in [0.29, 0.717) is 22.3 Å². The van der Waals surface area contributed by atoms with Crippen LogP contribution in [0.1, 0.15) is 15.9 Å². The van der Waals surface area contributed by atoms with Crippen molar-refractivity contribution in [3.63, 3.8) is 0 Å². The molecule has 0 saturated heterocycles. The fraction of sp³-hybridized carbons (Fsp3) is 0.118. The minimum atomic E-state index is -0.236. The van der Waals surface area contributed by atoms with Crippen LogP contribution in [0.15, 0.2) is 42.5 Å².